The van der Waals surface area contributed by atoms with E-state index in [-0.39, 0.29) is 6.61 Å². The summed E-state index contributed by atoms with van der Waals surface area (Å²) in [5.41, 5.74) is 2.35. The van der Waals surface area contributed by atoms with E-state index in [1.165, 1.54) is 0 Å². The molecule has 2 rings (SSSR count). The Kier molecular flexibility index (Phi) is 3.99. The molecule has 0 unspecified atom stereocenters. The Hall–Kier alpha value is -1.39. The molecule has 0 radical (unpaired) electrons. The Morgan fingerprint density at radius 2 is 2.22 bits per heavy atom. The van der Waals surface area contributed by atoms with Crippen LogP contribution in [0.5, 0.6) is 0 Å². The van der Waals surface area contributed by atoms with Crippen LogP contribution < -0.4 is 0 Å². The number of nitrogens with zero attached hydrogens (tertiary/aromatic N) is 3. The predicted octanol–water partition coefficient (Wildman–Crippen LogP) is 2.61. The minimum atomic E-state index is -0.0961. The molecule has 0 saturated heterocycles. The molecule has 0 bridgehead atoms. The molecule has 1 N–H and O–H groups in total. The van der Waals surface area contributed by atoms with Crippen molar-refractivity contribution >= 4 is 11.6 Å². The van der Waals surface area contributed by atoms with Gasteiger partial charge in [0.25, 0.3) is 0 Å². The average molecular weight is 266 g/mol. The lowest BCUT2D eigenvalue weighted by Crippen LogP contribution is -2.00. The third-order valence-corrected chi connectivity index (χ3v) is 3.04. The van der Waals surface area contributed by atoms with Crippen molar-refractivity contribution in [2.45, 2.75) is 26.9 Å². The fourth-order valence-electron chi connectivity index (χ4n) is 1.83. The third-order valence-electron chi connectivity index (χ3n) is 2.65. The lowest BCUT2D eigenvalue weighted by atomic mass is 10.1. The quantitative estimate of drug-likeness (QED) is 0.925. The summed E-state index contributed by atoms with van der Waals surface area (Å²) >= 11 is 6.26. The van der Waals surface area contributed by atoms with Crippen LogP contribution in [0.15, 0.2) is 24.5 Å². The van der Waals surface area contributed by atoms with E-state index in [2.05, 4.69) is 23.9 Å². The SMILES string of the molecule is CC(C)Cc1nn(-c2cccnc2)c(Cl)c1CO. The number of hydrogen-bond donors (Lipinski definition) is 1. The van der Waals surface area contributed by atoms with E-state index in [0.29, 0.717) is 16.6 Å². The molecule has 0 atom stereocenters. The number of pyridine rings is 1. The summed E-state index contributed by atoms with van der Waals surface area (Å²) in [6.07, 6.45) is 4.19. The van der Waals surface area contributed by atoms with Crippen molar-refractivity contribution in [3.63, 3.8) is 0 Å². The van der Waals surface area contributed by atoms with Crippen molar-refractivity contribution in [2.75, 3.05) is 0 Å². The van der Waals surface area contributed by atoms with E-state index in [9.17, 15) is 5.11 Å². The van der Waals surface area contributed by atoms with Gasteiger partial charge in [0.2, 0.25) is 0 Å². The van der Waals surface area contributed by atoms with Gasteiger partial charge < -0.3 is 5.11 Å². The van der Waals surface area contributed by atoms with Crippen LogP contribution >= 0.6 is 11.6 Å². The summed E-state index contributed by atoms with van der Waals surface area (Å²) < 4.78 is 1.62. The van der Waals surface area contributed by atoms with Crippen LogP contribution in [-0.2, 0) is 13.0 Å². The highest BCUT2D eigenvalue weighted by atomic mass is 35.5. The fourth-order valence-corrected chi connectivity index (χ4v) is 2.13. The van der Waals surface area contributed by atoms with Crippen molar-refractivity contribution in [2.24, 2.45) is 5.92 Å². The van der Waals surface area contributed by atoms with Crippen LogP contribution in [0, 0.1) is 5.92 Å². The van der Waals surface area contributed by atoms with Gasteiger partial charge in [0, 0.05) is 11.8 Å². The second-order valence-electron chi connectivity index (χ2n) is 4.60. The maximum atomic E-state index is 9.42. The summed E-state index contributed by atoms with van der Waals surface area (Å²) in [6.45, 7) is 4.12. The van der Waals surface area contributed by atoms with Crippen LogP contribution in [0.3, 0.4) is 0 Å². The molecule has 4 nitrogen and oxygen atoms in total. The molecular formula is C13H16ClN3O. The van der Waals surface area contributed by atoms with Gasteiger partial charge in [-0.15, -0.1) is 0 Å². The molecule has 5 heteroatoms. The van der Waals surface area contributed by atoms with Gasteiger partial charge >= 0.3 is 0 Å². The summed E-state index contributed by atoms with van der Waals surface area (Å²) in [4.78, 5) is 4.05. The second kappa shape index (κ2) is 5.50. The summed E-state index contributed by atoms with van der Waals surface area (Å²) in [6, 6.07) is 3.71. The third kappa shape index (κ3) is 2.54. The van der Waals surface area contributed by atoms with Crippen molar-refractivity contribution in [1.29, 1.82) is 0 Å². The van der Waals surface area contributed by atoms with Crippen LogP contribution in [0.2, 0.25) is 5.15 Å². The van der Waals surface area contributed by atoms with Gasteiger partial charge in [0.05, 0.1) is 24.2 Å². The van der Waals surface area contributed by atoms with E-state index >= 15 is 0 Å². The molecule has 0 fully saturated rings. The van der Waals surface area contributed by atoms with E-state index in [0.717, 1.165) is 17.8 Å². The maximum Gasteiger partial charge on any atom is 0.138 e. The Morgan fingerprint density at radius 3 is 2.78 bits per heavy atom. The Morgan fingerprint density at radius 1 is 1.44 bits per heavy atom. The van der Waals surface area contributed by atoms with E-state index in [1.807, 2.05) is 12.1 Å². The minimum Gasteiger partial charge on any atom is -0.391 e. The van der Waals surface area contributed by atoms with Gasteiger partial charge in [-0.1, -0.05) is 25.4 Å². The van der Waals surface area contributed by atoms with Gasteiger partial charge in [-0.05, 0) is 24.5 Å². The molecule has 0 spiro atoms. The Balaban J connectivity index is 2.47. The summed E-state index contributed by atoms with van der Waals surface area (Å²) in [5.74, 6) is 0.462. The number of aromatic nitrogens is 3. The minimum absolute atomic E-state index is 0.0961. The molecule has 0 amide bonds. The first-order valence-electron chi connectivity index (χ1n) is 5.91. The number of aliphatic hydroxyl groups is 1. The fraction of sp³-hybridized carbons (Fsp3) is 0.385. The monoisotopic (exact) mass is 265 g/mol. The lowest BCUT2D eigenvalue weighted by molar-refractivity contribution is 0.280. The first kappa shape index (κ1) is 13.1. The first-order valence-corrected chi connectivity index (χ1v) is 6.28. The van der Waals surface area contributed by atoms with Crippen LogP contribution in [-0.4, -0.2) is 19.9 Å². The highest BCUT2D eigenvalue weighted by Crippen LogP contribution is 2.25. The molecule has 0 saturated carbocycles. The zero-order valence-corrected chi connectivity index (χ0v) is 11.2. The average Bonchev–Trinajstić information content (AvgIpc) is 2.66. The number of rotatable bonds is 4. The molecular weight excluding hydrogens is 250 g/mol. The van der Waals surface area contributed by atoms with Gasteiger partial charge in [-0.25, -0.2) is 4.68 Å². The predicted molar refractivity (Wildman–Crippen MR) is 70.8 cm³/mol. The smallest absolute Gasteiger partial charge is 0.138 e. The number of aliphatic hydroxyl groups excluding tert-OH is 1. The molecule has 0 aromatic carbocycles. The molecule has 96 valence electrons. The van der Waals surface area contributed by atoms with Crippen molar-refractivity contribution < 1.29 is 5.11 Å². The van der Waals surface area contributed by atoms with Gasteiger partial charge in [-0.3, -0.25) is 4.98 Å². The largest absolute Gasteiger partial charge is 0.391 e. The normalized spacial score (nSPS) is 11.2. The van der Waals surface area contributed by atoms with Crippen molar-refractivity contribution in [3.8, 4) is 5.69 Å². The standard InChI is InChI=1S/C13H16ClN3O/c1-9(2)6-12-11(8-18)13(14)17(16-12)10-4-3-5-15-7-10/h3-5,7,9,18H,6,8H2,1-2H3. The van der Waals surface area contributed by atoms with Crippen molar-refractivity contribution in [3.05, 3.63) is 40.9 Å². The number of halogens is 1. The van der Waals surface area contributed by atoms with Gasteiger partial charge in [0.1, 0.15) is 5.15 Å². The van der Waals surface area contributed by atoms with E-state index in [1.54, 1.807) is 17.1 Å². The number of hydrogen-bond acceptors (Lipinski definition) is 3. The molecule has 2 aromatic rings. The maximum absolute atomic E-state index is 9.42. The zero-order valence-electron chi connectivity index (χ0n) is 10.5. The topological polar surface area (TPSA) is 50.9 Å². The van der Waals surface area contributed by atoms with Gasteiger partial charge in [-0.2, -0.15) is 5.10 Å². The first-order chi connectivity index (χ1) is 8.63. The molecule has 0 aliphatic rings. The summed E-state index contributed by atoms with van der Waals surface area (Å²) in [5, 5.41) is 14.4. The zero-order chi connectivity index (χ0) is 13.1. The Labute approximate surface area is 111 Å². The second-order valence-corrected chi connectivity index (χ2v) is 4.95. The molecule has 2 aromatic heterocycles. The molecule has 2 heterocycles. The molecule has 0 aliphatic carbocycles. The van der Waals surface area contributed by atoms with E-state index in [4.69, 9.17) is 11.6 Å². The summed E-state index contributed by atoms with van der Waals surface area (Å²) in [7, 11) is 0. The van der Waals surface area contributed by atoms with Gasteiger partial charge in [0.15, 0.2) is 0 Å². The van der Waals surface area contributed by atoms with Crippen LogP contribution in [0.25, 0.3) is 5.69 Å². The highest BCUT2D eigenvalue weighted by Gasteiger charge is 2.17. The molecule has 18 heavy (non-hydrogen) atoms. The highest BCUT2D eigenvalue weighted by molar-refractivity contribution is 6.30. The van der Waals surface area contributed by atoms with Crippen LogP contribution in [0.1, 0.15) is 25.1 Å². The Bertz CT molecular complexity index is 523. The lowest BCUT2D eigenvalue weighted by Gasteiger charge is -2.02. The van der Waals surface area contributed by atoms with Crippen molar-refractivity contribution in [1.82, 2.24) is 14.8 Å². The van der Waals surface area contributed by atoms with Crippen LogP contribution in [0.4, 0.5) is 0 Å². The molecule has 0 aliphatic heterocycles. The van der Waals surface area contributed by atoms with E-state index < -0.39 is 0 Å².